The first-order valence-electron chi connectivity index (χ1n) is 9.00. The van der Waals surface area contributed by atoms with E-state index in [1.807, 2.05) is 17.5 Å². The van der Waals surface area contributed by atoms with Gasteiger partial charge in [-0.25, -0.2) is 9.78 Å². The van der Waals surface area contributed by atoms with Gasteiger partial charge in [-0.15, -0.1) is 21.9 Å². The molecule has 1 amide bonds. The molecule has 0 radical (unpaired) electrons. The molecule has 0 aliphatic heterocycles. The number of hydrogen-bond donors (Lipinski definition) is 3. The highest BCUT2D eigenvalue weighted by Crippen LogP contribution is 2.30. The highest BCUT2D eigenvalue weighted by molar-refractivity contribution is 7.75. The van der Waals surface area contributed by atoms with Gasteiger partial charge >= 0.3 is 12.1 Å². The second-order valence-corrected chi connectivity index (χ2v) is 7.97. The summed E-state index contributed by atoms with van der Waals surface area (Å²) in [4.78, 5) is 32.2. The van der Waals surface area contributed by atoms with E-state index < -0.39 is 22.7 Å². The summed E-state index contributed by atoms with van der Waals surface area (Å²) in [5.74, 6) is -0.381. The molecule has 0 aliphatic carbocycles. The first-order chi connectivity index (χ1) is 15.0. The third-order valence-corrected chi connectivity index (χ3v) is 5.61. The number of aliphatic carboxylic acids is 1. The smallest absolute Gasteiger partial charge is 0.410 e. The standard InChI is InChI=1S/C19H18N5O5S2/c1-2-29-19(27)24-31(28)13-7-5-12(6-8-13)22-18-21-10-14(15-4-3-9-30-15)17(23-18)20-11-16(25)26/h3-10H,2,11H2,1H3,(H,25,26)(H2,20,21,22,23)/q-1. The molecule has 162 valence electrons. The zero-order valence-corrected chi connectivity index (χ0v) is 17.9. The van der Waals surface area contributed by atoms with Crippen molar-refractivity contribution in [2.45, 2.75) is 11.8 Å². The molecular formula is C19H18N5O5S2-. The monoisotopic (exact) mass is 460 g/mol. The molecule has 10 nitrogen and oxygen atoms in total. The minimum Gasteiger partial charge on any atom is -0.480 e. The molecular weight excluding hydrogens is 442 g/mol. The Balaban J connectivity index is 1.79. The predicted molar refractivity (Wildman–Crippen MR) is 117 cm³/mol. The van der Waals surface area contributed by atoms with Gasteiger partial charge in [0.1, 0.15) is 12.4 Å². The minimum absolute atomic E-state index is 0.150. The molecule has 12 heteroatoms. The number of carboxylic acids is 1. The van der Waals surface area contributed by atoms with Crippen LogP contribution in [0.1, 0.15) is 6.92 Å². The van der Waals surface area contributed by atoms with Crippen molar-refractivity contribution < 1.29 is 23.6 Å². The van der Waals surface area contributed by atoms with E-state index in [4.69, 9.17) is 5.11 Å². The van der Waals surface area contributed by atoms with Gasteiger partial charge in [0.25, 0.3) is 0 Å². The molecule has 0 saturated carbocycles. The zero-order chi connectivity index (χ0) is 22.2. The van der Waals surface area contributed by atoms with Gasteiger partial charge in [-0.2, -0.15) is 4.98 Å². The molecule has 0 saturated heterocycles. The molecule has 0 aliphatic rings. The highest BCUT2D eigenvalue weighted by Gasteiger charge is 2.11. The minimum atomic E-state index is -1.87. The number of nitrogens with zero attached hydrogens (tertiary/aromatic N) is 3. The lowest BCUT2D eigenvalue weighted by Crippen LogP contribution is -2.14. The fraction of sp³-hybridized carbons (Fsp3) is 0.158. The maximum absolute atomic E-state index is 12.1. The first kappa shape index (κ1) is 22.2. The SMILES string of the molecule is CCOC(=O)N=[S-](=O)c1ccc(Nc2ncc(-c3cccs3)c(NCC(=O)O)n2)cc1. The van der Waals surface area contributed by atoms with Gasteiger partial charge in [-0.1, -0.05) is 23.1 Å². The fourth-order valence-electron chi connectivity index (χ4n) is 2.40. The molecule has 1 aromatic carbocycles. The molecule has 3 aromatic rings. The second-order valence-electron chi connectivity index (χ2n) is 5.87. The van der Waals surface area contributed by atoms with E-state index in [2.05, 4.69) is 29.7 Å². The van der Waals surface area contributed by atoms with Crippen LogP contribution in [0.4, 0.5) is 22.2 Å². The van der Waals surface area contributed by atoms with Crippen LogP contribution in [-0.4, -0.2) is 40.3 Å². The summed E-state index contributed by atoms with van der Waals surface area (Å²) in [6.45, 7) is 1.49. The Hall–Kier alpha value is -3.51. The maximum atomic E-state index is 12.1. The largest absolute Gasteiger partial charge is 0.480 e. The second kappa shape index (κ2) is 10.5. The van der Waals surface area contributed by atoms with E-state index in [1.165, 1.54) is 11.3 Å². The van der Waals surface area contributed by atoms with Crippen molar-refractivity contribution in [3.05, 3.63) is 48.0 Å². The molecule has 3 rings (SSSR count). The zero-order valence-electron chi connectivity index (χ0n) is 16.3. The van der Waals surface area contributed by atoms with Gasteiger partial charge in [0.15, 0.2) is 0 Å². The number of carbonyl (C=O) groups is 2. The van der Waals surface area contributed by atoms with Crippen LogP contribution >= 0.6 is 11.3 Å². The molecule has 2 aromatic heterocycles. The number of benzene rings is 1. The summed E-state index contributed by atoms with van der Waals surface area (Å²) < 4.78 is 20.2. The summed E-state index contributed by atoms with van der Waals surface area (Å²) >= 11 is 1.49. The van der Waals surface area contributed by atoms with E-state index in [-0.39, 0.29) is 19.1 Å². The van der Waals surface area contributed by atoms with Gasteiger partial charge < -0.3 is 24.7 Å². The Kier molecular flexibility index (Phi) is 7.51. The van der Waals surface area contributed by atoms with Crippen LogP contribution in [0.25, 0.3) is 10.4 Å². The summed E-state index contributed by atoms with van der Waals surface area (Å²) in [6.07, 6.45) is 0.719. The van der Waals surface area contributed by atoms with Gasteiger partial charge in [0.05, 0.1) is 12.2 Å². The van der Waals surface area contributed by atoms with Crippen LogP contribution in [0.5, 0.6) is 0 Å². The number of thiophene rings is 1. The van der Waals surface area contributed by atoms with Crippen LogP contribution in [-0.2, 0) is 24.3 Å². The number of carboxylic acid groups (broad SMARTS) is 1. The average molecular weight is 461 g/mol. The topological polar surface area (TPSA) is 143 Å². The number of hydrogen-bond acceptors (Lipinski definition) is 10. The Labute approximate surface area is 183 Å². The summed E-state index contributed by atoms with van der Waals surface area (Å²) in [6, 6.07) is 10.1. The number of nitrogens with one attached hydrogen (secondary N) is 2. The first-order valence-corrected chi connectivity index (χ1v) is 11.0. The lowest BCUT2D eigenvalue weighted by molar-refractivity contribution is -0.134. The maximum Gasteiger partial charge on any atom is 0.410 e. The van der Waals surface area contributed by atoms with Crippen molar-refractivity contribution in [2.24, 2.45) is 4.36 Å². The van der Waals surface area contributed by atoms with E-state index in [0.717, 1.165) is 4.88 Å². The molecule has 0 fully saturated rings. The summed E-state index contributed by atoms with van der Waals surface area (Å²) in [5.41, 5.74) is 1.29. The van der Waals surface area contributed by atoms with Gasteiger partial charge in [0.2, 0.25) is 5.95 Å². The summed E-state index contributed by atoms with van der Waals surface area (Å²) in [5, 5.41) is 16.7. The van der Waals surface area contributed by atoms with Crippen molar-refractivity contribution in [3.8, 4) is 10.4 Å². The number of ether oxygens (including phenoxy) is 1. The van der Waals surface area contributed by atoms with E-state index in [9.17, 15) is 13.8 Å². The van der Waals surface area contributed by atoms with Crippen LogP contribution in [0.2, 0.25) is 0 Å². The molecule has 31 heavy (non-hydrogen) atoms. The van der Waals surface area contributed by atoms with Crippen LogP contribution in [0, 0.1) is 0 Å². The van der Waals surface area contributed by atoms with E-state index in [0.29, 0.717) is 22.0 Å². The molecule has 0 bridgehead atoms. The number of amides is 1. The van der Waals surface area contributed by atoms with Crippen molar-refractivity contribution in [2.75, 3.05) is 23.8 Å². The highest BCUT2D eigenvalue weighted by atomic mass is 32.2. The molecule has 0 spiro atoms. The Morgan fingerprint density at radius 3 is 2.68 bits per heavy atom. The van der Waals surface area contributed by atoms with E-state index in [1.54, 1.807) is 37.4 Å². The molecule has 2 heterocycles. The molecule has 0 atom stereocenters. The van der Waals surface area contributed by atoms with Gasteiger partial charge in [-0.05, 0) is 30.5 Å². The Morgan fingerprint density at radius 1 is 1.26 bits per heavy atom. The van der Waals surface area contributed by atoms with Gasteiger partial charge in [0, 0.05) is 16.8 Å². The van der Waals surface area contributed by atoms with Crippen LogP contribution in [0.15, 0.2) is 57.2 Å². The van der Waals surface area contributed by atoms with Crippen molar-refractivity contribution in [1.82, 2.24) is 9.97 Å². The van der Waals surface area contributed by atoms with Crippen molar-refractivity contribution >= 4 is 51.4 Å². The number of aromatic nitrogens is 2. The molecule has 3 N–H and O–H groups in total. The predicted octanol–water partition coefficient (Wildman–Crippen LogP) is 4.11. The van der Waals surface area contributed by atoms with Crippen LogP contribution < -0.4 is 10.6 Å². The lowest BCUT2D eigenvalue weighted by Gasteiger charge is -2.12. The fourth-order valence-corrected chi connectivity index (χ4v) is 3.80. The van der Waals surface area contributed by atoms with Crippen molar-refractivity contribution in [3.63, 3.8) is 0 Å². The Bertz CT molecular complexity index is 1140. The third kappa shape index (κ3) is 6.23. The Morgan fingerprint density at radius 2 is 2.03 bits per heavy atom. The normalized spacial score (nSPS) is 11.6. The van der Waals surface area contributed by atoms with E-state index >= 15 is 0 Å². The number of anilines is 3. The quantitative estimate of drug-likeness (QED) is 0.423. The number of carbonyl (C=O) groups excluding carboxylic acids is 1. The number of rotatable bonds is 8. The van der Waals surface area contributed by atoms with Crippen LogP contribution in [0.3, 0.4) is 0 Å². The van der Waals surface area contributed by atoms with Crippen molar-refractivity contribution in [1.29, 1.82) is 0 Å². The molecule has 0 unspecified atom stereocenters. The van der Waals surface area contributed by atoms with Gasteiger partial charge in [-0.3, -0.25) is 9.16 Å². The third-order valence-electron chi connectivity index (χ3n) is 3.72. The lowest BCUT2D eigenvalue weighted by atomic mass is 10.2. The summed E-state index contributed by atoms with van der Waals surface area (Å²) in [7, 11) is -1.87. The average Bonchev–Trinajstić information content (AvgIpc) is 3.27.